The van der Waals surface area contributed by atoms with E-state index in [2.05, 4.69) is 4.98 Å². The molecular weight excluding hydrogens is 267 g/mol. The third-order valence-corrected chi connectivity index (χ3v) is 4.21. The van der Waals surface area contributed by atoms with Crippen molar-refractivity contribution in [2.24, 2.45) is 5.92 Å². The summed E-state index contributed by atoms with van der Waals surface area (Å²) in [7, 11) is 0. The molecule has 1 heterocycles. The van der Waals surface area contributed by atoms with Crippen LogP contribution in [0.1, 0.15) is 18.4 Å². The van der Waals surface area contributed by atoms with Gasteiger partial charge in [-0.15, -0.1) is 11.8 Å². The number of carboxylic acid groups (broad SMARTS) is 1. The Balaban J connectivity index is 2.01. The van der Waals surface area contributed by atoms with Gasteiger partial charge < -0.3 is 5.11 Å². The largest absolute Gasteiger partial charge is 0.481 e. The molecule has 18 heavy (non-hydrogen) atoms. The molecule has 1 aromatic heterocycles. The number of alkyl halides is 3. The topological polar surface area (TPSA) is 50.2 Å². The summed E-state index contributed by atoms with van der Waals surface area (Å²) in [6.45, 7) is 0. The summed E-state index contributed by atoms with van der Waals surface area (Å²) in [4.78, 5) is 14.5. The van der Waals surface area contributed by atoms with Crippen molar-refractivity contribution < 1.29 is 23.1 Å². The lowest BCUT2D eigenvalue weighted by atomic mass is 9.85. The summed E-state index contributed by atoms with van der Waals surface area (Å²) >= 11 is 1.23. The fraction of sp³-hybridized carbons (Fsp3) is 0.455. The van der Waals surface area contributed by atoms with E-state index in [1.54, 1.807) is 0 Å². The number of carboxylic acids is 1. The first-order valence-corrected chi connectivity index (χ1v) is 6.18. The maximum absolute atomic E-state index is 12.3. The number of aliphatic carboxylic acids is 1. The zero-order valence-electron chi connectivity index (χ0n) is 9.15. The van der Waals surface area contributed by atoms with Crippen LogP contribution in [0.3, 0.4) is 0 Å². The molecule has 3 nitrogen and oxygen atoms in total. The lowest BCUT2D eigenvalue weighted by Crippen LogP contribution is -2.35. The van der Waals surface area contributed by atoms with Crippen LogP contribution in [-0.4, -0.2) is 21.3 Å². The van der Waals surface area contributed by atoms with E-state index in [-0.39, 0.29) is 5.25 Å². The molecule has 0 saturated heterocycles. The van der Waals surface area contributed by atoms with Gasteiger partial charge in [0.1, 0.15) is 0 Å². The van der Waals surface area contributed by atoms with E-state index >= 15 is 0 Å². The van der Waals surface area contributed by atoms with Gasteiger partial charge in [-0.25, -0.2) is 4.98 Å². The van der Waals surface area contributed by atoms with Gasteiger partial charge in [-0.05, 0) is 25.0 Å². The molecule has 2 atom stereocenters. The van der Waals surface area contributed by atoms with E-state index < -0.39 is 23.6 Å². The first-order valence-electron chi connectivity index (χ1n) is 5.30. The Morgan fingerprint density at radius 2 is 2.11 bits per heavy atom. The van der Waals surface area contributed by atoms with E-state index in [9.17, 15) is 18.0 Å². The molecule has 1 fully saturated rings. The molecule has 1 saturated carbocycles. The minimum absolute atomic E-state index is 0.0910. The molecule has 2 unspecified atom stereocenters. The summed E-state index contributed by atoms with van der Waals surface area (Å²) in [5.74, 6) is -1.27. The molecule has 0 spiro atoms. The number of hydrogen-bond acceptors (Lipinski definition) is 3. The van der Waals surface area contributed by atoms with Crippen LogP contribution in [0.5, 0.6) is 0 Å². The Bertz CT molecular complexity index is 447. The Kier molecular flexibility index (Phi) is 3.52. The van der Waals surface area contributed by atoms with Crippen molar-refractivity contribution in [3.05, 3.63) is 23.9 Å². The van der Waals surface area contributed by atoms with E-state index in [1.165, 1.54) is 17.8 Å². The molecule has 1 N–H and O–H groups in total. The van der Waals surface area contributed by atoms with Crippen molar-refractivity contribution in [1.82, 2.24) is 4.98 Å². The summed E-state index contributed by atoms with van der Waals surface area (Å²) in [6, 6.07) is 2.24. The van der Waals surface area contributed by atoms with Gasteiger partial charge in [0, 0.05) is 11.4 Å². The van der Waals surface area contributed by atoms with Gasteiger partial charge in [-0.3, -0.25) is 4.79 Å². The van der Waals surface area contributed by atoms with Crippen LogP contribution >= 0.6 is 11.8 Å². The van der Waals surface area contributed by atoms with Crippen LogP contribution in [0.15, 0.2) is 23.4 Å². The summed E-state index contributed by atoms with van der Waals surface area (Å²) < 4.78 is 36.9. The molecule has 0 aliphatic heterocycles. The molecule has 0 amide bonds. The highest BCUT2D eigenvalue weighted by molar-refractivity contribution is 8.00. The molecule has 0 aromatic carbocycles. The predicted octanol–water partition coefficient (Wildman–Crippen LogP) is 3.06. The molecule has 1 aromatic rings. The SMILES string of the molecule is O=C(O)C1CCC1Sc1ccc(C(F)(F)F)cn1. The van der Waals surface area contributed by atoms with Crippen LogP contribution < -0.4 is 0 Å². The first-order chi connectivity index (χ1) is 8.38. The zero-order chi connectivity index (χ0) is 13.3. The second-order valence-electron chi connectivity index (χ2n) is 4.06. The van der Waals surface area contributed by atoms with Gasteiger partial charge in [0.15, 0.2) is 0 Å². The van der Waals surface area contributed by atoms with Gasteiger partial charge >= 0.3 is 12.1 Å². The van der Waals surface area contributed by atoms with Crippen LogP contribution in [0.4, 0.5) is 13.2 Å². The highest BCUT2D eigenvalue weighted by Gasteiger charge is 2.37. The molecule has 0 bridgehead atoms. The molecule has 2 rings (SSSR count). The third kappa shape index (κ3) is 2.77. The standard InChI is InChI=1S/C11H10F3NO2S/c12-11(13,14)6-1-4-9(15-5-6)18-8-3-2-7(8)10(16)17/h1,4-5,7-8H,2-3H2,(H,16,17). The number of carbonyl (C=O) groups is 1. The van der Waals surface area contributed by atoms with E-state index in [1.807, 2.05) is 0 Å². The molecule has 1 aliphatic rings. The van der Waals surface area contributed by atoms with Crippen molar-refractivity contribution in [3.8, 4) is 0 Å². The van der Waals surface area contributed by atoms with Crippen LogP contribution in [0.2, 0.25) is 0 Å². The normalized spacial score (nSPS) is 23.5. The molecule has 98 valence electrons. The Hall–Kier alpha value is -1.24. The second kappa shape index (κ2) is 4.79. The van der Waals surface area contributed by atoms with E-state index in [0.717, 1.165) is 18.7 Å². The zero-order valence-corrected chi connectivity index (χ0v) is 9.96. The minimum Gasteiger partial charge on any atom is -0.481 e. The van der Waals surface area contributed by atoms with Gasteiger partial charge in [0.25, 0.3) is 0 Å². The monoisotopic (exact) mass is 277 g/mol. The van der Waals surface area contributed by atoms with E-state index in [4.69, 9.17) is 5.11 Å². The smallest absolute Gasteiger partial charge is 0.417 e. The number of rotatable bonds is 3. The predicted molar refractivity (Wildman–Crippen MR) is 59.2 cm³/mol. The van der Waals surface area contributed by atoms with Crippen LogP contribution in [-0.2, 0) is 11.0 Å². The number of pyridine rings is 1. The average molecular weight is 277 g/mol. The summed E-state index contributed by atoms with van der Waals surface area (Å²) in [5, 5.41) is 9.19. The second-order valence-corrected chi connectivity index (χ2v) is 5.32. The Labute approximate surface area is 105 Å². The van der Waals surface area contributed by atoms with Crippen molar-refractivity contribution >= 4 is 17.7 Å². The van der Waals surface area contributed by atoms with Crippen LogP contribution in [0.25, 0.3) is 0 Å². The van der Waals surface area contributed by atoms with Gasteiger partial charge in [-0.1, -0.05) is 0 Å². The Morgan fingerprint density at radius 3 is 2.50 bits per heavy atom. The summed E-state index contributed by atoms with van der Waals surface area (Å²) in [6.07, 6.45) is -2.25. The molecular formula is C11H10F3NO2S. The minimum atomic E-state index is -4.39. The van der Waals surface area contributed by atoms with Crippen LogP contribution in [0, 0.1) is 5.92 Å². The quantitative estimate of drug-likeness (QED) is 0.922. The van der Waals surface area contributed by atoms with Gasteiger partial charge in [-0.2, -0.15) is 13.2 Å². The first kappa shape index (κ1) is 13.2. The molecule has 0 radical (unpaired) electrons. The number of hydrogen-bond donors (Lipinski definition) is 1. The number of aromatic nitrogens is 1. The number of thioether (sulfide) groups is 1. The maximum Gasteiger partial charge on any atom is 0.417 e. The van der Waals surface area contributed by atoms with Crippen molar-refractivity contribution in [3.63, 3.8) is 0 Å². The third-order valence-electron chi connectivity index (χ3n) is 2.86. The highest BCUT2D eigenvalue weighted by atomic mass is 32.2. The maximum atomic E-state index is 12.3. The Morgan fingerprint density at radius 1 is 1.39 bits per heavy atom. The fourth-order valence-electron chi connectivity index (χ4n) is 1.67. The van der Waals surface area contributed by atoms with Crippen molar-refractivity contribution in [1.29, 1.82) is 0 Å². The van der Waals surface area contributed by atoms with Gasteiger partial charge in [0.2, 0.25) is 0 Å². The molecule has 1 aliphatic carbocycles. The average Bonchev–Trinajstić information content (AvgIpc) is 2.23. The number of nitrogens with zero attached hydrogens (tertiary/aromatic N) is 1. The number of halogens is 3. The van der Waals surface area contributed by atoms with E-state index in [0.29, 0.717) is 11.4 Å². The lowest BCUT2D eigenvalue weighted by molar-refractivity contribution is -0.144. The fourth-order valence-corrected chi connectivity index (χ4v) is 2.91. The molecule has 7 heteroatoms. The van der Waals surface area contributed by atoms with Crippen molar-refractivity contribution in [2.75, 3.05) is 0 Å². The lowest BCUT2D eigenvalue weighted by Gasteiger charge is -2.32. The summed E-state index contributed by atoms with van der Waals surface area (Å²) in [5.41, 5.74) is -0.796. The van der Waals surface area contributed by atoms with Crippen molar-refractivity contribution in [2.45, 2.75) is 29.3 Å². The van der Waals surface area contributed by atoms with Gasteiger partial charge in [0.05, 0.1) is 16.5 Å². The highest BCUT2D eigenvalue weighted by Crippen LogP contribution is 2.41.